The van der Waals surface area contributed by atoms with Gasteiger partial charge >= 0.3 is 0 Å². The molecule has 3 rings (SSSR count). The summed E-state index contributed by atoms with van der Waals surface area (Å²) in [6.07, 6.45) is 2.38. The van der Waals surface area contributed by atoms with Crippen molar-refractivity contribution in [1.82, 2.24) is 9.55 Å². The molecule has 0 saturated carbocycles. The third-order valence-electron chi connectivity index (χ3n) is 4.05. The summed E-state index contributed by atoms with van der Waals surface area (Å²) in [5.74, 6) is 1.54. The lowest BCUT2D eigenvalue weighted by molar-refractivity contribution is 0.0485. The van der Waals surface area contributed by atoms with Gasteiger partial charge in [0.1, 0.15) is 5.82 Å². The monoisotopic (exact) mass is 292 g/mol. The molecule has 0 spiro atoms. The van der Waals surface area contributed by atoms with Crippen molar-refractivity contribution >= 4 is 22.6 Å². The fourth-order valence-electron chi connectivity index (χ4n) is 3.08. The van der Waals surface area contributed by atoms with Gasteiger partial charge in [0.2, 0.25) is 0 Å². The Morgan fingerprint density at radius 1 is 1.50 bits per heavy atom. The van der Waals surface area contributed by atoms with Crippen molar-refractivity contribution in [3.8, 4) is 0 Å². The van der Waals surface area contributed by atoms with Crippen LogP contribution in [0.3, 0.4) is 0 Å². The number of alkyl halides is 1. The predicted molar refractivity (Wildman–Crippen MR) is 82.3 cm³/mol. The number of para-hydroxylation sites is 1. The van der Waals surface area contributed by atoms with E-state index in [0.29, 0.717) is 5.92 Å². The Morgan fingerprint density at radius 2 is 2.35 bits per heavy atom. The highest BCUT2D eigenvalue weighted by Crippen LogP contribution is 2.28. The van der Waals surface area contributed by atoms with E-state index in [0.717, 1.165) is 37.5 Å². The van der Waals surface area contributed by atoms with Crippen LogP contribution < -0.4 is 0 Å². The average molecular weight is 293 g/mol. The second kappa shape index (κ2) is 5.74. The fraction of sp³-hybridized carbons (Fsp3) is 0.562. The molecule has 0 bridgehead atoms. The van der Waals surface area contributed by atoms with E-state index in [1.807, 2.05) is 6.92 Å². The van der Waals surface area contributed by atoms with Crippen molar-refractivity contribution < 1.29 is 4.74 Å². The summed E-state index contributed by atoms with van der Waals surface area (Å²) in [5, 5.41) is -0.0775. The number of halogens is 1. The largest absolute Gasteiger partial charge is 0.381 e. The van der Waals surface area contributed by atoms with Crippen LogP contribution in [0.5, 0.6) is 0 Å². The maximum absolute atomic E-state index is 6.34. The highest BCUT2D eigenvalue weighted by molar-refractivity contribution is 6.20. The van der Waals surface area contributed by atoms with Gasteiger partial charge in [-0.1, -0.05) is 12.1 Å². The lowest BCUT2D eigenvalue weighted by Gasteiger charge is -2.24. The number of aromatic nitrogens is 2. The molecule has 1 saturated heterocycles. The van der Waals surface area contributed by atoms with Gasteiger partial charge in [-0.25, -0.2) is 4.98 Å². The molecule has 0 amide bonds. The molecule has 20 heavy (non-hydrogen) atoms. The number of benzene rings is 1. The van der Waals surface area contributed by atoms with Gasteiger partial charge in [0.15, 0.2) is 0 Å². The molecular weight excluding hydrogens is 272 g/mol. The second-order valence-corrected chi connectivity index (χ2v) is 6.38. The molecule has 1 aliphatic heterocycles. The van der Waals surface area contributed by atoms with Crippen molar-refractivity contribution in [2.45, 2.75) is 38.6 Å². The van der Waals surface area contributed by atoms with Crippen LogP contribution in [0.2, 0.25) is 0 Å². The van der Waals surface area contributed by atoms with Gasteiger partial charge in [0.05, 0.1) is 23.0 Å². The van der Waals surface area contributed by atoms with E-state index in [-0.39, 0.29) is 5.38 Å². The predicted octanol–water partition coefficient (Wildman–Crippen LogP) is 4.07. The summed E-state index contributed by atoms with van der Waals surface area (Å²) < 4.78 is 7.91. The first kappa shape index (κ1) is 13.9. The quantitative estimate of drug-likeness (QED) is 0.797. The Labute approximate surface area is 124 Å². The number of rotatable bonds is 3. The van der Waals surface area contributed by atoms with Gasteiger partial charge < -0.3 is 9.30 Å². The Kier molecular flexibility index (Phi) is 3.99. The van der Waals surface area contributed by atoms with Crippen LogP contribution in [0, 0.1) is 12.8 Å². The number of ether oxygens (including phenoxy) is 1. The molecule has 0 aliphatic carbocycles. The zero-order chi connectivity index (χ0) is 14.1. The van der Waals surface area contributed by atoms with E-state index >= 15 is 0 Å². The van der Waals surface area contributed by atoms with Crippen molar-refractivity contribution in [2.75, 3.05) is 13.2 Å². The molecule has 3 nitrogen and oxygen atoms in total. The third kappa shape index (κ3) is 2.57. The first-order valence-corrected chi connectivity index (χ1v) is 7.78. The first-order chi connectivity index (χ1) is 9.66. The van der Waals surface area contributed by atoms with Crippen LogP contribution in [0.1, 0.15) is 36.5 Å². The maximum Gasteiger partial charge on any atom is 0.127 e. The van der Waals surface area contributed by atoms with Crippen molar-refractivity contribution in [1.29, 1.82) is 0 Å². The Hall–Kier alpha value is -1.06. The van der Waals surface area contributed by atoms with E-state index in [1.54, 1.807) is 0 Å². The summed E-state index contributed by atoms with van der Waals surface area (Å²) in [6, 6.07) is 6.26. The van der Waals surface area contributed by atoms with Gasteiger partial charge in [-0.05, 0) is 38.3 Å². The molecule has 1 aromatic heterocycles. The average Bonchev–Trinajstić information content (AvgIpc) is 2.80. The SMILES string of the molecule is Cc1cccc2nc(C(C)Cl)n(CC3CCCOC3)c12. The lowest BCUT2D eigenvalue weighted by atomic mass is 10.0. The van der Waals surface area contributed by atoms with Crippen LogP contribution >= 0.6 is 11.6 Å². The van der Waals surface area contributed by atoms with Gasteiger partial charge in [-0.2, -0.15) is 0 Å². The zero-order valence-corrected chi connectivity index (χ0v) is 12.9. The number of hydrogen-bond donors (Lipinski definition) is 0. The topological polar surface area (TPSA) is 27.1 Å². The minimum Gasteiger partial charge on any atom is -0.381 e. The maximum atomic E-state index is 6.34. The lowest BCUT2D eigenvalue weighted by Crippen LogP contribution is -2.23. The van der Waals surface area contributed by atoms with Crippen LogP contribution in [0.25, 0.3) is 11.0 Å². The summed E-state index contributed by atoms with van der Waals surface area (Å²) >= 11 is 6.34. The smallest absolute Gasteiger partial charge is 0.127 e. The molecule has 0 N–H and O–H groups in total. The molecule has 2 unspecified atom stereocenters. The molecule has 2 heterocycles. The van der Waals surface area contributed by atoms with Crippen molar-refractivity contribution in [3.05, 3.63) is 29.6 Å². The van der Waals surface area contributed by atoms with Crippen LogP contribution in [-0.4, -0.2) is 22.8 Å². The fourth-order valence-corrected chi connectivity index (χ4v) is 3.25. The van der Waals surface area contributed by atoms with E-state index < -0.39 is 0 Å². The van der Waals surface area contributed by atoms with Gasteiger partial charge in [-0.3, -0.25) is 0 Å². The van der Waals surface area contributed by atoms with Crippen molar-refractivity contribution in [3.63, 3.8) is 0 Å². The first-order valence-electron chi connectivity index (χ1n) is 7.34. The van der Waals surface area contributed by atoms with Crippen molar-refractivity contribution in [2.24, 2.45) is 5.92 Å². The van der Waals surface area contributed by atoms with Gasteiger partial charge in [0.25, 0.3) is 0 Å². The van der Waals surface area contributed by atoms with Crippen LogP contribution in [-0.2, 0) is 11.3 Å². The van der Waals surface area contributed by atoms with E-state index in [9.17, 15) is 0 Å². The molecule has 0 radical (unpaired) electrons. The minimum atomic E-state index is -0.0775. The highest BCUT2D eigenvalue weighted by atomic mass is 35.5. The minimum absolute atomic E-state index is 0.0775. The van der Waals surface area contributed by atoms with Gasteiger partial charge in [-0.15, -0.1) is 11.6 Å². The van der Waals surface area contributed by atoms with E-state index in [2.05, 4.69) is 29.7 Å². The van der Waals surface area contributed by atoms with E-state index in [4.69, 9.17) is 21.3 Å². The molecule has 108 valence electrons. The van der Waals surface area contributed by atoms with E-state index in [1.165, 1.54) is 17.5 Å². The molecule has 4 heteroatoms. The number of nitrogens with zero attached hydrogens (tertiary/aromatic N) is 2. The molecule has 1 aliphatic rings. The Bertz CT molecular complexity index is 600. The van der Waals surface area contributed by atoms with Crippen LogP contribution in [0.4, 0.5) is 0 Å². The summed E-state index contributed by atoms with van der Waals surface area (Å²) in [6.45, 7) is 6.83. The zero-order valence-electron chi connectivity index (χ0n) is 12.1. The Balaban J connectivity index is 2.03. The third-order valence-corrected chi connectivity index (χ3v) is 4.24. The molecule has 2 atom stereocenters. The van der Waals surface area contributed by atoms with Gasteiger partial charge in [0, 0.05) is 19.1 Å². The normalized spacial score (nSPS) is 21.2. The second-order valence-electron chi connectivity index (χ2n) is 5.72. The molecular formula is C16H21ClN2O. The van der Waals surface area contributed by atoms with Crippen LogP contribution in [0.15, 0.2) is 18.2 Å². The molecule has 1 aromatic carbocycles. The Morgan fingerprint density at radius 3 is 3.05 bits per heavy atom. The highest BCUT2D eigenvalue weighted by Gasteiger charge is 2.21. The number of imidazole rings is 1. The number of aryl methyl sites for hydroxylation is 1. The number of fused-ring (bicyclic) bond motifs is 1. The summed E-state index contributed by atoms with van der Waals surface area (Å²) in [5.41, 5.74) is 3.53. The molecule has 2 aromatic rings. The standard InChI is InChI=1S/C16H21ClN2O/c1-11-5-3-7-14-15(11)19(16(18-14)12(2)17)9-13-6-4-8-20-10-13/h3,5,7,12-13H,4,6,8-10H2,1-2H3. The summed E-state index contributed by atoms with van der Waals surface area (Å²) in [4.78, 5) is 4.73. The molecule has 1 fully saturated rings. The number of hydrogen-bond acceptors (Lipinski definition) is 2. The summed E-state index contributed by atoms with van der Waals surface area (Å²) in [7, 11) is 0.